The lowest BCUT2D eigenvalue weighted by Crippen LogP contribution is -2.42. The van der Waals surface area contributed by atoms with Crippen LogP contribution in [0, 0.1) is 5.82 Å². The van der Waals surface area contributed by atoms with Gasteiger partial charge in [-0.15, -0.1) is 0 Å². The lowest BCUT2D eigenvalue weighted by atomic mass is 10.2. The number of hydrogen-bond donors (Lipinski definition) is 0. The molecule has 0 unspecified atom stereocenters. The van der Waals surface area contributed by atoms with Gasteiger partial charge in [-0.05, 0) is 51.1 Å². The van der Waals surface area contributed by atoms with E-state index in [2.05, 4.69) is 16.4 Å². The number of halogens is 1. The lowest BCUT2D eigenvalue weighted by molar-refractivity contribution is -0.131. The summed E-state index contributed by atoms with van der Waals surface area (Å²) in [6, 6.07) is 6.72. The molecule has 2 rings (SSSR count). The largest absolute Gasteiger partial charge is 0.338 e. The molecule has 0 saturated carbocycles. The highest BCUT2D eigenvalue weighted by Gasteiger charge is 2.19. The second-order valence-electron chi connectivity index (χ2n) is 6.90. The van der Waals surface area contributed by atoms with Gasteiger partial charge in [-0.1, -0.05) is 24.3 Å². The second kappa shape index (κ2) is 9.68. The van der Waals surface area contributed by atoms with Crippen LogP contribution in [-0.2, 0) is 11.3 Å². The number of likely N-dealkylation sites (N-methyl/N-ethyl adjacent to an activating group) is 1. The summed E-state index contributed by atoms with van der Waals surface area (Å²) >= 11 is 0. The molecule has 138 valence electrons. The summed E-state index contributed by atoms with van der Waals surface area (Å²) in [5, 5.41) is 0. The standard InChI is InChI=1S/C20H30FN3O/c1-4-24(14-17(2)3)20(25)16-23-11-5-10-22(12-13-23)15-18-6-8-19(21)9-7-18/h6-9H,2,4-5,10-16H2,1,3H3. The first-order valence-electron chi connectivity index (χ1n) is 9.09. The van der Waals surface area contributed by atoms with Crippen molar-refractivity contribution >= 4 is 5.91 Å². The van der Waals surface area contributed by atoms with Gasteiger partial charge in [-0.3, -0.25) is 14.6 Å². The molecule has 1 fully saturated rings. The van der Waals surface area contributed by atoms with Crippen LogP contribution in [0.4, 0.5) is 4.39 Å². The van der Waals surface area contributed by atoms with Crippen molar-refractivity contribution in [3.8, 4) is 0 Å². The molecule has 0 spiro atoms. The minimum Gasteiger partial charge on any atom is -0.338 e. The first-order chi connectivity index (χ1) is 12.0. The molecule has 0 bridgehead atoms. The van der Waals surface area contributed by atoms with Gasteiger partial charge in [0.15, 0.2) is 0 Å². The van der Waals surface area contributed by atoms with Gasteiger partial charge in [0, 0.05) is 32.7 Å². The predicted octanol–water partition coefficient (Wildman–Crippen LogP) is 2.76. The van der Waals surface area contributed by atoms with E-state index in [9.17, 15) is 9.18 Å². The highest BCUT2D eigenvalue weighted by atomic mass is 19.1. The van der Waals surface area contributed by atoms with Crippen LogP contribution in [-0.4, -0.2) is 66.4 Å². The van der Waals surface area contributed by atoms with E-state index in [1.807, 2.05) is 30.9 Å². The maximum absolute atomic E-state index is 13.0. The first-order valence-corrected chi connectivity index (χ1v) is 9.09. The zero-order chi connectivity index (χ0) is 18.2. The van der Waals surface area contributed by atoms with Crippen molar-refractivity contribution in [2.75, 3.05) is 45.8 Å². The van der Waals surface area contributed by atoms with Crippen molar-refractivity contribution in [3.05, 3.63) is 47.8 Å². The molecule has 1 saturated heterocycles. The number of rotatable bonds is 7. The van der Waals surface area contributed by atoms with Crippen molar-refractivity contribution < 1.29 is 9.18 Å². The van der Waals surface area contributed by atoms with Crippen LogP contribution in [0.5, 0.6) is 0 Å². The average molecular weight is 347 g/mol. The third-order valence-electron chi connectivity index (χ3n) is 4.55. The zero-order valence-electron chi connectivity index (χ0n) is 15.5. The number of carbonyl (C=O) groups excluding carboxylic acids is 1. The van der Waals surface area contributed by atoms with Gasteiger partial charge < -0.3 is 4.90 Å². The van der Waals surface area contributed by atoms with E-state index in [-0.39, 0.29) is 11.7 Å². The molecule has 0 aromatic heterocycles. The molecule has 0 radical (unpaired) electrons. The SMILES string of the molecule is C=C(C)CN(CC)C(=O)CN1CCCN(Cc2ccc(F)cc2)CC1. The van der Waals surface area contributed by atoms with Crippen LogP contribution in [0.1, 0.15) is 25.8 Å². The molecule has 1 aliphatic heterocycles. The van der Waals surface area contributed by atoms with Gasteiger partial charge in [0.05, 0.1) is 6.54 Å². The molecule has 1 aliphatic rings. The monoisotopic (exact) mass is 347 g/mol. The van der Waals surface area contributed by atoms with Crippen LogP contribution >= 0.6 is 0 Å². The van der Waals surface area contributed by atoms with Crippen LogP contribution in [0.2, 0.25) is 0 Å². The number of nitrogens with zero attached hydrogens (tertiary/aromatic N) is 3. The molecule has 25 heavy (non-hydrogen) atoms. The molecule has 4 nitrogen and oxygen atoms in total. The van der Waals surface area contributed by atoms with Crippen LogP contribution in [0.25, 0.3) is 0 Å². The van der Waals surface area contributed by atoms with Gasteiger partial charge in [0.25, 0.3) is 0 Å². The third kappa shape index (κ3) is 6.59. The van der Waals surface area contributed by atoms with E-state index in [4.69, 9.17) is 0 Å². The van der Waals surface area contributed by atoms with Crippen molar-refractivity contribution in [3.63, 3.8) is 0 Å². The van der Waals surface area contributed by atoms with Gasteiger partial charge >= 0.3 is 0 Å². The van der Waals surface area contributed by atoms with Gasteiger partial charge in [-0.2, -0.15) is 0 Å². The van der Waals surface area contributed by atoms with Gasteiger partial charge in [0.2, 0.25) is 5.91 Å². The Morgan fingerprint density at radius 2 is 1.80 bits per heavy atom. The van der Waals surface area contributed by atoms with Crippen molar-refractivity contribution in [1.29, 1.82) is 0 Å². The van der Waals surface area contributed by atoms with Crippen molar-refractivity contribution in [2.24, 2.45) is 0 Å². The minimum atomic E-state index is -0.195. The van der Waals surface area contributed by atoms with E-state index < -0.39 is 0 Å². The molecule has 1 aromatic carbocycles. The smallest absolute Gasteiger partial charge is 0.237 e. The molecule has 0 N–H and O–H groups in total. The zero-order valence-corrected chi connectivity index (χ0v) is 15.5. The lowest BCUT2D eigenvalue weighted by Gasteiger charge is -2.26. The van der Waals surface area contributed by atoms with Crippen molar-refractivity contribution in [2.45, 2.75) is 26.8 Å². The number of carbonyl (C=O) groups is 1. The normalized spacial score (nSPS) is 16.4. The number of benzene rings is 1. The van der Waals surface area contributed by atoms with E-state index in [0.717, 1.165) is 56.8 Å². The van der Waals surface area contributed by atoms with E-state index in [1.54, 1.807) is 0 Å². The summed E-state index contributed by atoms with van der Waals surface area (Å²) in [5.74, 6) is -0.0166. The molecule has 0 aliphatic carbocycles. The summed E-state index contributed by atoms with van der Waals surface area (Å²) in [6.07, 6.45) is 1.04. The Morgan fingerprint density at radius 3 is 2.44 bits per heavy atom. The topological polar surface area (TPSA) is 26.8 Å². The highest BCUT2D eigenvalue weighted by Crippen LogP contribution is 2.10. The molecular weight excluding hydrogens is 317 g/mol. The Balaban J connectivity index is 1.83. The fourth-order valence-corrected chi connectivity index (χ4v) is 3.18. The molecule has 1 amide bonds. The summed E-state index contributed by atoms with van der Waals surface area (Å²) < 4.78 is 13.0. The number of hydrogen-bond acceptors (Lipinski definition) is 3. The van der Waals surface area contributed by atoms with Crippen molar-refractivity contribution in [1.82, 2.24) is 14.7 Å². The first kappa shape index (κ1) is 19.6. The Hall–Kier alpha value is -1.72. The average Bonchev–Trinajstić information content (AvgIpc) is 2.80. The molecule has 1 aromatic rings. The quantitative estimate of drug-likeness (QED) is 0.710. The molecule has 5 heteroatoms. The molecular formula is C20H30FN3O. The maximum atomic E-state index is 13.0. The van der Waals surface area contributed by atoms with Crippen LogP contribution in [0.15, 0.2) is 36.4 Å². The Kier molecular flexibility index (Phi) is 7.59. The fraction of sp³-hybridized carbons (Fsp3) is 0.550. The van der Waals surface area contributed by atoms with Gasteiger partial charge in [0.1, 0.15) is 5.82 Å². The number of amides is 1. The summed E-state index contributed by atoms with van der Waals surface area (Å²) in [5.41, 5.74) is 2.14. The van der Waals surface area contributed by atoms with Crippen LogP contribution < -0.4 is 0 Å². The highest BCUT2D eigenvalue weighted by molar-refractivity contribution is 5.78. The third-order valence-corrected chi connectivity index (χ3v) is 4.55. The van der Waals surface area contributed by atoms with Crippen LogP contribution in [0.3, 0.4) is 0 Å². The summed E-state index contributed by atoms with van der Waals surface area (Å²) in [6.45, 7) is 14.3. The van der Waals surface area contributed by atoms with E-state index >= 15 is 0 Å². The van der Waals surface area contributed by atoms with E-state index in [0.29, 0.717) is 13.1 Å². The minimum absolute atomic E-state index is 0.178. The Morgan fingerprint density at radius 1 is 1.16 bits per heavy atom. The summed E-state index contributed by atoms with van der Waals surface area (Å²) in [7, 11) is 0. The summed E-state index contributed by atoms with van der Waals surface area (Å²) in [4.78, 5) is 19.0. The maximum Gasteiger partial charge on any atom is 0.237 e. The second-order valence-corrected chi connectivity index (χ2v) is 6.90. The Labute approximate surface area is 150 Å². The Bertz CT molecular complexity index is 573. The molecule has 0 atom stereocenters. The predicted molar refractivity (Wildman–Crippen MR) is 99.8 cm³/mol. The fourth-order valence-electron chi connectivity index (χ4n) is 3.18. The van der Waals surface area contributed by atoms with Gasteiger partial charge in [-0.25, -0.2) is 4.39 Å². The van der Waals surface area contributed by atoms with E-state index in [1.165, 1.54) is 12.1 Å². The molecule has 1 heterocycles.